The predicted octanol–water partition coefficient (Wildman–Crippen LogP) is 1.92. The molecule has 0 bridgehead atoms. The minimum Gasteiger partial charge on any atom is -0.355 e. The van der Waals surface area contributed by atoms with Gasteiger partial charge in [0, 0.05) is 13.1 Å². The molecule has 0 spiro atoms. The largest absolute Gasteiger partial charge is 0.355 e. The zero-order valence-corrected chi connectivity index (χ0v) is 10.4. The van der Waals surface area contributed by atoms with E-state index in [4.69, 9.17) is 5.84 Å². The smallest absolute Gasteiger partial charge is 0.160 e. The van der Waals surface area contributed by atoms with Crippen molar-refractivity contribution >= 4 is 11.6 Å². The Balaban J connectivity index is 2.08. The third-order valence-electron chi connectivity index (χ3n) is 3.50. The lowest BCUT2D eigenvalue weighted by molar-refractivity contribution is 0.549. The molecule has 0 atom stereocenters. The Morgan fingerprint density at radius 1 is 1.24 bits per heavy atom. The molecule has 1 fully saturated rings. The lowest BCUT2D eigenvalue weighted by atomic mass is 10.1. The highest BCUT2D eigenvalue weighted by atomic mass is 15.3. The van der Waals surface area contributed by atoms with Crippen LogP contribution in [0.5, 0.6) is 0 Å². The topological polar surface area (TPSA) is 67.1 Å². The molecule has 1 saturated carbocycles. The first kappa shape index (κ1) is 12.1. The summed E-state index contributed by atoms with van der Waals surface area (Å²) in [6, 6.07) is 0.583. The molecule has 1 aliphatic rings. The van der Waals surface area contributed by atoms with Crippen molar-refractivity contribution in [1.82, 2.24) is 9.97 Å². The van der Waals surface area contributed by atoms with Gasteiger partial charge in [0.25, 0.3) is 0 Å². The fourth-order valence-corrected chi connectivity index (χ4v) is 2.43. The van der Waals surface area contributed by atoms with Gasteiger partial charge in [0.1, 0.15) is 5.82 Å². The van der Waals surface area contributed by atoms with Crippen LogP contribution in [0.15, 0.2) is 12.4 Å². The van der Waals surface area contributed by atoms with Crippen molar-refractivity contribution in [3.8, 4) is 0 Å². The Morgan fingerprint density at radius 2 is 1.94 bits per heavy atom. The molecule has 94 valence electrons. The minimum atomic E-state index is 0.583. The van der Waals surface area contributed by atoms with E-state index in [1.165, 1.54) is 38.5 Å². The highest BCUT2D eigenvalue weighted by molar-refractivity contribution is 5.43. The Kier molecular flexibility index (Phi) is 4.14. The maximum atomic E-state index is 5.35. The number of hydrogen-bond donors (Lipinski definition) is 2. The number of rotatable bonds is 3. The van der Waals surface area contributed by atoms with Crippen LogP contribution in [0.2, 0.25) is 0 Å². The second kappa shape index (κ2) is 5.82. The van der Waals surface area contributed by atoms with Crippen LogP contribution in [-0.4, -0.2) is 23.1 Å². The normalized spacial score (nSPS) is 17.5. The molecule has 0 radical (unpaired) electrons. The van der Waals surface area contributed by atoms with Gasteiger partial charge in [-0.3, -0.25) is 4.98 Å². The summed E-state index contributed by atoms with van der Waals surface area (Å²) in [7, 11) is 2.10. The Hall–Kier alpha value is -1.36. The highest BCUT2D eigenvalue weighted by Crippen LogP contribution is 2.24. The number of nitrogens with two attached hydrogens (primary N) is 1. The summed E-state index contributed by atoms with van der Waals surface area (Å²) in [5.41, 5.74) is 2.54. The molecular weight excluding hydrogens is 214 g/mol. The average molecular weight is 235 g/mol. The third-order valence-corrected chi connectivity index (χ3v) is 3.50. The van der Waals surface area contributed by atoms with E-state index in [0.717, 1.165) is 5.82 Å². The van der Waals surface area contributed by atoms with E-state index in [-0.39, 0.29) is 0 Å². The summed E-state index contributed by atoms with van der Waals surface area (Å²) in [6.07, 6.45) is 11.3. The molecule has 5 heteroatoms. The van der Waals surface area contributed by atoms with E-state index in [9.17, 15) is 0 Å². The molecule has 3 N–H and O–H groups in total. The maximum Gasteiger partial charge on any atom is 0.160 e. The van der Waals surface area contributed by atoms with E-state index in [0.29, 0.717) is 11.9 Å². The van der Waals surface area contributed by atoms with Gasteiger partial charge in [-0.2, -0.15) is 0 Å². The number of nitrogen functional groups attached to an aromatic ring is 1. The highest BCUT2D eigenvalue weighted by Gasteiger charge is 2.18. The monoisotopic (exact) mass is 235 g/mol. The van der Waals surface area contributed by atoms with E-state index in [1.807, 2.05) is 0 Å². The van der Waals surface area contributed by atoms with Crippen molar-refractivity contribution in [2.75, 3.05) is 17.4 Å². The molecule has 1 aromatic heterocycles. The number of aromatic nitrogens is 2. The van der Waals surface area contributed by atoms with Gasteiger partial charge in [0.05, 0.1) is 12.4 Å². The standard InChI is InChI=1S/C12H21N5/c1-17(10-6-4-2-3-5-7-10)12-9-14-8-11(15-12)16-13/h8-10H,2-7,13H2,1H3,(H,15,16). The van der Waals surface area contributed by atoms with Crippen LogP contribution < -0.4 is 16.2 Å². The van der Waals surface area contributed by atoms with Gasteiger partial charge in [-0.15, -0.1) is 0 Å². The molecule has 17 heavy (non-hydrogen) atoms. The molecule has 0 aliphatic heterocycles. The summed E-state index contributed by atoms with van der Waals surface area (Å²) in [5.74, 6) is 6.86. The summed E-state index contributed by atoms with van der Waals surface area (Å²) in [5, 5.41) is 0. The molecule has 0 saturated heterocycles. The van der Waals surface area contributed by atoms with Crippen molar-refractivity contribution in [2.45, 2.75) is 44.6 Å². The zero-order valence-electron chi connectivity index (χ0n) is 10.4. The molecule has 1 aliphatic carbocycles. The van der Waals surface area contributed by atoms with E-state index in [2.05, 4.69) is 27.3 Å². The summed E-state index contributed by atoms with van der Waals surface area (Å²) in [4.78, 5) is 10.8. The number of nitrogens with one attached hydrogen (secondary N) is 1. The van der Waals surface area contributed by atoms with Gasteiger partial charge < -0.3 is 10.3 Å². The number of hydrazine groups is 1. The summed E-state index contributed by atoms with van der Waals surface area (Å²) in [6.45, 7) is 0. The van der Waals surface area contributed by atoms with Crippen LogP contribution in [0.1, 0.15) is 38.5 Å². The molecule has 0 aromatic carbocycles. The minimum absolute atomic E-state index is 0.583. The first-order valence-electron chi connectivity index (χ1n) is 6.33. The molecule has 1 heterocycles. The number of nitrogens with zero attached hydrogens (tertiary/aromatic N) is 3. The Labute approximate surface area is 102 Å². The fraction of sp³-hybridized carbons (Fsp3) is 0.667. The zero-order chi connectivity index (χ0) is 12.1. The van der Waals surface area contributed by atoms with E-state index < -0.39 is 0 Å². The van der Waals surface area contributed by atoms with Gasteiger partial charge >= 0.3 is 0 Å². The Bertz CT molecular complexity index is 347. The predicted molar refractivity (Wildman–Crippen MR) is 69.7 cm³/mol. The second-order valence-corrected chi connectivity index (χ2v) is 4.66. The van der Waals surface area contributed by atoms with Crippen molar-refractivity contribution in [3.05, 3.63) is 12.4 Å². The van der Waals surface area contributed by atoms with Crippen molar-refractivity contribution < 1.29 is 0 Å². The van der Waals surface area contributed by atoms with E-state index >= 15 is 0 Å². The van der Waals surface area contributed by atoms with Gasteiger partial charge in [-0.25, -0.2) is 10.8 Å². The van der Waals surface area contributed by atoms with Gasteiger partial charge in [0.2, 0.25) is 0 Å². The van der Waals surface area contributed by atoms with Gasteiger partial charge in [0.15, 0.2) is 5.82 Å². The van der Waals surface area contributed by atoms with Gasteiger partial charge in [-0.1, -0.05) is 25.7 Å². The van der Waals surface area contributed by atoms with Crippen LogP contribution in [-0.2, 0) is 0 Å². The number of hydrogen-bond acceptors (Lipinski definition) is 5. The average Bonchev–Trinajstić information content (AvgIpc) is 2.67. The lowest BCUT2D eigenvalue weighted by Gasteiger charge is -2.28. The van der Waals surface area contributed by atoms with E-state index in [1.54, 1.807) is 12.4 Å². The first-order chi connectivity index (χ1) is 8.31. The van der Waals surface area contributed by atoms with Crippen molar-refractivity contribution in [3.63, 3.8) is 0 Å². The maximum absolute atomic E-state index is 5.35. The van der Waals surface area contributed by atoms with Crippen LogP contribution in [0.4, 0.5) is 11.6 Å². The summed E-state index contributed by atoms with van der Waals surface area (Å²) < 4.78 is 0. The van der Waals surface area contributed by atoms with Crippen LogP contribution in [0, 0.1) is 0 Å². The lowest BCUT2D eigenvalue weighted by Crippen LogP contribution is -2.32. The van der Waals surface area contributed by atoms with Crippen LogP contribution in [0.3, 0.4) is 0 Å². The fourth-order valence-electron chi connectivity index (χ4n) is 2.43. The molecule has 1 aromatic rings. The molecular formula is C12H21N5. The number of anilines is 2. The Morgan fingerprint density at radius 3 is 2.59 bits per heavy atom. The van der Waals surface area contributed by atoms with Crippen molar-refractivity contribution in [2.24, 2.45) is 5.84 Å². The van der Waals surface area contributed by atoms with Crippen LogP contribution >= 0.6 is 0 Å². The van der Waals surface area contributed by atoms with Crippen LogP contribution in [0.25, 0.3) is 0 Å². The molecule has 0 amide bonds. The van der Waals surface area contributed by atoms with Gasteiger partial charge in [-0.05, 0) is 12.8 Å². The quantitative estimate of drug-likeness (QED) is 0.476. The molecule has 0 unspecified atom stereocenters. The molecule has 5 nitrogen and oxygen atoms in total. The second-order valence-electron chi connectivity index (χ2n) is 4.66. The summed E-state index contributed by atoms with van der Waals surface area (Å²) >= 11 is 0. The third kappa shape index (κ3) is 3.06. The molecule has 2 rings (SSSR count). The van der Waals surface area contributed by atoms with Crippen molar-refractivity contribution in [1.29, 1.82) is 0 Å². The SMILES string of the molecule is CN(c1cncc(NN)n1)C1CCCCCC1. The first-order valence-corrected chi connectivity index (χ1v) is 6.33.